The van der Waals surface area contributed by atoms with Crippen molar-refractivity contribution in [3.8, 4) is 5.75 Å². The second-order valence-electron chi connectivity index (χ2n) is 5.62. The van der Waals surface area contributed by atoms with Crippen LogP contribution < -0.4 is 0 Å². The molecule has 0 radical (unpaired) electrons. The van der Waals surface area contributed by atoms with Gasteiger partial charge in [-0.3, -0.25) is 0 Å². The summed E-state index contributed by atoms with van der Waals surface area (Å²) in [6, 6.07) is 2.64. The molecule has 1 rings (SSSR count). The molecule has 0 spiro atoms. The highest BCUT2D eigenvalue weighted by atomic mass is 32.2. The van der Waals surface area contributed by atoms with E-state index in [1.807, 2.05) is 20.8 Å². The SMILES string of the molecule is CC(C)(C)c1cc(S(C)(=O)=O)c(O)c(S(C)(=O)=O)c1. The van der Waals surface area contributed by atoms with Crippen molar-refractivity contribution in [1.82, 2.24) is 0 Å². The topological polar surface area (TPSA) is 88.5 Å². The van der Waals surface area contributed by atoms with Crippen molar-refractivity contribution in [3.63, 3.8) is 0 Å². The summed E-state index contributed by atoms with van der Waals surface area (Å²) in [5, 5.41) is 9.89. The van der Waals surface area contributed by atoms with Gasteiger partial charge >= 0.3 is 0 Å². The van der Waals surface area contributed by atoms with Crippen LogP contribution in [0.25, 0.3) is 0 Å². The molecule has 0 amide bonds. The molecule has 0 atom stereocenters. The quantitative estimate of drug-likeness (QED) is 0.894. The second kappa shape index (κ2) is 4.49. The number of phenols is 1. The summed E-state index contributed by atoms with van der Waals surface area (Å²) >= 11 is 0. The predicted octanol–water partition coefficient (Wildman–Crippen LogP) is 1.50. The number of benzene rings is 1. The first-order valence-electron chi connectivity index (χ1n) is 5.52. The summed E-state index contributed by atoms with van der Waals surface area (Å²) in [6.45, 7) is 5.49. The third kappa shape index (κ3) is 3.48. The molecule has 19 heavy (non-hydrogen) atoms. The van der Waals surface area contributed by atoms with Crippen molar-refractivity contribution in [2.45, 2.75) is 36.0 Å². The van der Waals surface area contributed by atoms with E-state index in [0.717, 1.165) is 12.5 Å². The Balaban J connectivity index is 3.89. The normalized spacial score (nSPS) is 13.5. The zero-order valence-corrected chi connectivity index (χ0v) is 13.2. The van der Waals surface area contributed by atoms with Gasteiger partial charge in [0.25, 0.3) is 0 Å². The van der Waals surface area contributed by atoms with Gasteiger partial charge in [-0.15, -0.1) is 0 Å². The average molecular weight is 306 g/mol. The van der Waals surface area contributed by atoms with Crippen molar-refractivity contribution >= 4 is 19.7 Å². The van der Waals surface area contributed by atoms with Gasteiger partial charge in [-0.05, 0) is 23.1 Å². The summed E-state index contributed by atoms with van der Waals surface area (Å²) in [5.74, 6) is -0.710. The number of phenolic OH excluding ortho intramolecular Hbond substituents is 1. The Bertz CT molecular complexity index is 654. The van der Waals surface area contributed by atoms with Crippen molar-refractivity contribution in [3.05, 3.63) is 17.7 Å². The molecule has 1 N–H and O–H groups in total. The molecule has 5 nitrogen and oxygen atoms in total. The van der Waals surface area contributed by atoms with Crippen molar-refractivity contribution in [2.24, 2.45) is 0 Å². The van der Waals surface area contributed by atoms with Crippen LogP contribution in [0.3, 0.4) is 0 Å². The maximum absolute atomic E-state index is 11.7. The van der Waals surface area contributed by atoms with Gasteiger partial charge in [-0.25, -0.2) is 16.8 Å². The molecule has 0 saturated heterocycles. The highest BCUT2D eigenvalue weighted by Crippen LogP contribution is 2.35. The first-order valence-corrected chi connectivity index (χ1v) is 9.30. The van der Waals surface area contributed by atoms with Gasteiger partial charge in [0.15, 0.2) is 25.4 Å². The molecule has 108 valence electrons. The van der Waals surface area contributed by atoms with Crippen molar-refractivity contribution in [2.75, 3.05) is 12.5 Å². The molecule has 0 fully saturated rings. The maximum atomic E-state index is 11.7. The molecule has 0 aliphatic heterocycles. The number of aromatic hydroxyl groups is 1. The summed E-state index contributed by atoms with van der Waals surface area (Å²) in [7, 11) is -7.43. The molecule has 1 aromatic carbocycles. The Morgan fingerprint density at radius 1 is 0.895 bits per heavy atom. The zero-order valence-electron chi connectivity index (χ0n) is 11.6. The Hall–Kier alpha value is -1.08. The molecule has 0 aliphatic carbocycles. The van der Waals surface area contributed by atoms with Gasteiger partial charge in [0, 0.05) is 12.5 Å². The number of hydrogen-bond acceptors (Lipinski definition) is 5. The van der Waals surface area contributed by atoms with Crippen LogP contribution in [-0.4, -0.2) is 34.5 Å². The summed E-state index contributed by atoms with van der Waals surface area (Å²) in [6.07, 6.45) is 1.86. The summed E-state index contributed by atoms with van der Waals surface area (Å²) in [5.41, 5.74) is 0.0956. The van der Waals surface area contributed by atoms with E-state index >= 15 is 0 Å². The minimum absolute atomic E-state index is 0.361. The van der Waals surface area contributed by atoms with Gasteiger partial charge < -0.3 is 5.11 Å². The van der Waals surface area contributed by atoms with Crippen molar-refractivity contribution < 1.29 is 21.9 Å². The molecule has 7 heteroatoms. The number of sulfone groups is 2. The van der Waals surface area contributed by atoms with Gasteiger partial charge in [0.2, 0.25) is 0 Å². The van der Waals surface area contributed by atoms with Gasteiger partial charge in [0.05, 0.1) is 0 Å². The van der Waals surface area contributed by atoms with Crippen molar-refractivity contribution in [1.29, 1.82) is 0 Å². The predicted molar refractivity (Wildman–Crippen MR) is 73.0 cm³/mol. The van der Waals surface area contributed by atoms with Gasteiger partial charge in [-0.2, -0.15) is 0 Å². The van der Waals surface area contributed by atoms with Crippen LogP contribution in [0.5, 0.6) is 5.75 Å². The van der Waals surface area contributed by atoms with Crippen LogP contribution in [0, 0.1) is 0 Å². The van der Waals surface area contributed by atoms with E-state index in [4.69, 9.17) is 0 Å². The molecule has 0 aromatic heterocycles. The number of hydrogen-bond donors (Lipinski definition) is 1. The van der Waals surface area contributed by atoms with E-state index < -0.39 is 30.8 Å². The first-order chi connectivity index (χ1) is 8.24. The van der Waals surface area contributed by atoms with Crippen LogP contribution >= 0.6 is 0 Å². The molecular weight excluding hydrogens is 288 g/mol. The van der Waals surface area contributed by atoms with E-state index in [0.29, 0.717) is 5.56 Å². The molecular formula is C12H18O5S2. The Morgan fingerprint density at radius 3 is 1.42 bits per heavy atom. The smallest absolute Gasteiger partial charge is 0.179 e. The molecule has 0 unspecified atom stereocenters. The van der Waals surface area contributed by atoms with Gasteiger partial charge in [-0.1, -0.05) is 20.8 Å². The highest BCUT2D eigenvalue weighted by molar-refractivity contribution is 7.91. The van der Waals surface area contributed by atoms with E-state index in [1.54, 1.807) is 0 Å². The maximum Gasteiger partial charge on any atom is 0.179 e. The minimum Gasteiger partial charge on any atom is -0.505 e. The molecule has 0 heterocycles. The number of rotatable bonds is 2. The highest BCUT2D eigenvalue weighted by Gasteiger charge is 2.26. The lowest BCUT2D eigenvalue weighted by Gasteiger charge is -2.21. The lowest BCUT2D eigenvalue weighted by atomic mass is 9.87. The van der Waals surface area contributed by atoms with Crippen LogP contribution in [0.1, 0.15) is 26.3 Å². The van der Waals surface area contributed by atoms with E-state index in [1.165, 1.54) is 12.1 Å². The third-order valence-corrected chi connectivity index (χ3v) is 4.93. The summed E-state index contributed by atoms with van der Waals surface area (Å²) in [4.78, 5) is -0.722. The van der Waals surface area contributed by atoms with Gasteiger partial charge in [0.1, 0.15) is 9.79 Å². The molecule has 0 bridgehead atoms. The second-order valence-corrected chi connectivity index (χ2v) is 9.58. The van der Waals surface area contributed by atoms with E-state index in [9.17, 15) is 21.9 Å². The Labute approximate surface area is 114 Å². The summed E-state index contributed by atoms with van der Waals surface area (Å²) < 4.78 is 46.6. The standard InChI is InChI=1S/C12H18O5S2/c1-12(2,3)8-6-9(18(4,14)15)11(13)10(7-8)19(5,16)17/h6-7,13H,1-5H3. The van der Waals surface area contributed by atoms with Crippen LogP contribution in [0.15, 0.2) is 21.9 Å². The minimum atomic E-state index is -3.71. The molecule has 0 saturated carbocycles. The fourth-order valence-electron chi connectivity index (χ4n) is 1.58. The van der Waals surface area contributed by atoms with E-state index in [2.05, 4.69) is 0 Å². The van der Waals surface area contributed by atoms with Crippen LogP contribution in [0.2, 0.25) is 0 Å². The zero-order chi connectivity index (χ0) is 15.2. The fraction of sp³-hybridized carbons (Fsp3) is 0.500. The molecule has 0 aliphatic rings. The Morgan fingerprint density at radius 2 is 1.21 bits per heavy atom. The van der Waals surface area contributed by atoms with E-state index in [-0.39, 0.29) is 9.79 Å². The molecule has 1 aromatic rings. The fourth-order valence-corrected chi connectivity index (χ4v) is 3.25. The monoisotopic (exact) mass is 306 g/mol. The Kier molecular flexibility index (Phi) is 3.77. The third-order valence-electron chi connectivity index (χ3n) is 2.70. The first kappa shape index (κ1) is 16.0. The average Bonchev–Trinajstić information content (AvgIpc) is 2.11. The lowest BCUT2D eigenvalue weighted by Crippen LogP contribution is -2.14. The van der Waals surface area contributed by atoms with Crippen LogP contribution in [-0.2, 0) is 25.1 Å². The van der Waals surface area contributed by atoms with Crippen LogP contribution in [0.4, 0.5) is 0 Å². The largest absolute Gasteiger partial charge is 0.505 e. The lowest BCUT2D eigenvalue weighted by molar-refractivity contribution is 0.440.